The first kappa shape index (κ1) is 13.8. The molecule has 2 heterocycles. The second-order valence-corrected chi connectivity index (χ2v) is 4.38. The number of esters is 1. The number of methoxy groups -OCH3 is 1. The molecule has 1 aromatic rings. The summed E-state index contributed by atoms with van der Waals surface area (Å²) in [7, 11) is 1.27. The van der Waals surface area contributed by atoms with Gasteiger partial charge in [-0.15, -0.1) is 0 Å². The largest absolute Gasteiger partial charge is 0.464 e. The van der Waals surface area contributed by atoms with Crippen molar-refractivity contribution in [2.75, 3.05) is 25.1 Å². The summed E-state index contributed by atoms with van der Waals surface area (Å²) in [6, 6.07) is 3.17. The molecule has 1 unspecified atom stereocenters. The van der Waals surface area contributed by atoms with Crippen molar-refractivity contribution in [2.24, 2.45) is 11.0 Å². The molecule has 8 nitrogen and oxygen atoms in total. The van der Waals surface area contributed by atoms with Gasteiger partial charge in [-0.25, -0.2) is 9.78 Å². The van der Waals surface area contributed by atoms with E-state index in [1.807, 2.05) is 0 Å². The number of azide groups is 1. The van der Waals surface area contributed by atoms with Crippen molar-refractivity contribution < 1.29 is 14.3 Å². The lowest BCUT2D eigenvalue weighted by Gasteiger charge is -2.16. The zero-order valence-electron chi connectivity index (χ0n) is 10.9. The zero-order valence-corrected chi connectivity index (χ0v) is 10.9. The normalized spacial score (nSPS) is 17.8. The fourth-order valence-electron chi connectivity index (χ4n) is 2.11. The molecule has 8 heteroatoms. The highest BCUT2D eigenvalue weighted by atomic mass is 16.5. The Hall–Kier alpha value is -2.60. The molecule has 0 aromatic carbocycles. The molecule has 2 rings (SSSR count). The number of amides is 1. The number of hydrogen-bond acceptors (Lipinski definition) is 5. The van der Waals surface area contributed by atoms with Crippen LogP contribution in [0.3, 0.4) is 0 Å². The van der Waals surface area contributed by atoms with Gasteiger partial charge in [-0.3, -0.25) is 4.79 Å². The predicted octanol–water partition coefficient (Wildman–Crippen LogP) is 1.53. The van der Waals surface area contributed by atoms with Crippen molar-refractivity contribution in [3.8, 4) is 0 Å². The summed E-state index contributed by atoms with van der Waals surface area (Å²) in [6.45, 7) is 0.746. The van der Waals surface area contributed by atoms with Gasteiger partial charge in [0.05, 0.1) is 7.11 Å². The number of carbonyl (C=O) groups excluding carboxylic acids is 2. The van der Waals surface area contributed by atoms with E-state index in [4.69, 9.17) is 5.53 Å². The van der Waals surface area contributed by atoms with Gasteiger partial charge in [0.2, 0.25) is 5.91 Å². The van der Waals surface area contributed by atoms with Gasteiger partial charge in [0, 0.05) is 36.3 Å². The lowest BCUT2D eigenvalue weighted by Crippen LogP contribution is -2.25. The first-order valence-corrected chi connectivity index (χ1v) is 6.01. The van der Waals surface area contributed by atoms with Crippen molar-refractivity contribution in [2.45, 2.75) is 6.42 Å². The minimum atomic E-state index is -0.552. The van der Waals surface area contributed by atoms with Gasteiger partial charge in [0.1, 0.15) is 5.69 Å². The highest BCUT2D eigenvalue weighted by molar-refractivity contribution is 5.97. The minimum absolute atomic E-state index is 0.00635. The minimum Gasteiger partial charge on any atom is -0.464 e. The Morgan fingerprint density at radius 1 is 1.70 bits per heavy atom. The maximum atomic E-state index is 12.0. The smallest absolute Gasteiger partial charge is 0.356 e. The quantitative estimate of drug-likeness (QED) is 0.359. The molecule has 0 radical (unpaired) electrons. The van der Waals surface area contributed by atoms with Gasteiger partial charge >= 0.3 is 5.97 Å². The van der Waals surface area contributed by atoms with E-state index in [2.05, 4.69) is 19.7 Å². The average Bonchev–Trinajstić information content (AvgIpc) is 2.85. The van der Waals surface area contributed by atoms with Crippen LogP contribution < -0.4 is 4.90 Å². The van der Waals surface area contributed by atoms with Crippen LogP contribution >= 0.6 is 0 Å². The topological polar surface area (TPSA) is 108 Å². The number of aromatic nitrogens is 1. The number of anilines is 1. The highest BCUT2D eigenvalue weighted by Gasteiger charge is 2.30. The Labute approximate surface area is 115 Å². The molecule has 1 aromatic heterocycles. The Balaban J connectivity index is 2.17. The first-order valence-electron chi connectivity index (χ1n) is 6.01. The van der Waals surface area contributed by atoms with Crippen molar-refractivity contribution in [3.63, 3.8) is 0 Å². The third-order valence-electron chi connectivity index (χ3n) is 3.06. The Morgan fingerprint density at radius 2 is 2.50 bits per heavy atom. The molecule has 1 aliphatic heterocycles. The van der Waals surface area contributed by atoms with Crippen LogP contribution in [-0.4, -0.2) is 37.1 Å². The molecule has 0 saturated carbocycles. The van der Waals surface area contributed by atoms with E-state index in [1.165, 1.54) is 19.4 Å². The molecular weight excluding hydrogens is 262 g/mol. The molecule has 0 spiro atoms. The van der Waals surface area contributed by atoms with Gasteiger partial charge in [-0.05, 0) is 23.6 Å². The van der Waals surface area contributed by atoms with E-state index in [1.54, 1.807) is 11.0 Å². The summed E-state index contributed by atoms with van der Waals surface area (Å²) in [4.78, 5) is 31.5. The fraction of sp³-hybridized carbons (Fsp3) is 0.417. The van der Waals surface area contributed by atoms with Crippen LogP contribution in [0.25, 0.3) is 10.4 Å². The third kappa shape index (κ3) is 2.86. The molecule has 0 N–H and O–H groups in total. The van der Waals surface area contributed by atoms with Crippen LogP contribution in [0.4, 0.5) is 5.69 Å². The molecule has 20 heavy (non-hydrogen) atoms. The SMILES string of the molecule is COC(=O)c1cc(N2CC(CN=[N+]=[N-])CC2=O)ccn1. The lowest BCUT2D eigenvalue weighted by atomic mass is 10.1. The van der Waals surface area contributed by atoms with E-state index < -0.39 is 5.97 Å². The summed E-state index contributed by atoms with van der Waals surface area (Å²) < 4.78 is 4.59. The number of pyridine rings is 1. The van der Waals surface area contributed by atoms with E-state index in [9.17, 15) is 9.59 Å². The van der Waals surface area contributed by atoms with Crippen LogP contribution in [0.1, 0.15) is 16.9 Å². The summed E-state index contributed by atoms with van der Waals surface area (Å²) in [5, 5.41) is 3.49. The molecule has 1 saturated heterocycles. The predicted molar refractivity (Wildman–Crippen MR) is 70.0 cm³/mol. The lowest BCUT2D eigenvalue weighted by molar-refractivity contribution is -0.117. The van der Waals surface area contributed by atoms with E-state index in [0.29, 0.717) is 18.7 Å². The van der Waals surface area contributed by atoms with Gasteiger partial charge in [0.25, 0.3) is 0 Å². The number of carbonyl (C=O) groups is 2. The number of nitrogens with zero attached hydrogens (tertiary/aromatic N) is 5. The maximum Gasteiger partial charge on any atom is 0.356 e. The van der Waals surface area contributed by atoms with Crippen molar-refractivity contribution in [1.82, 2.24) is 4.98 Å². The zero-order chi connectivity index (χ0) is 14.5. The number of hydrogen-bond donors (Lipinski definition) is 0. The summed E-state index contributed by atoms with van der Waals surface area (Å²) in [5.74, 6) is -0.623. The molecule has 104 valence electrons. The monoisotopic (exact) mass is 275 g/mol. The van der Waals surface area contributed by atoms with Crippen LogP contribution in [0.15, 0.2) is 23.4 Å². The van der Waals surface area contributed by atoms with E-state index in [0.717, 1.165) is 0 Å². The third-order valence-corrected chi connectivity index (χ3v) is 3.06. The summed E-state index contributed by atoms with van der Waals surface area (Å²) in [6.07, 6.45) is 1.78. The van der Waals surface area contributed by atoms with E-state index in [-0.39, 0.29) is 24.1 Å². The second kappa shape index (κ2) is 6.03. The first-order chi connectivity index (χ1) is 9.65. The Morgan fingerprint density at radius 3 is 3.20 bits per heavy atom. The van der Waals surface area contributed by atoms with E-state index >= 15 is 0 Å². The van der Waals surface area contributed by atoms with Gasteiger partial charge < -0.3 is 9.64 Å². The van der Waals surface area contributed by atoms with Crippen molar-refractivity contribution in [3.05, 3.63) is 34.5 Å². The van der Waals surface area contributed by atoms with Crippen LogP contribution in [0.5, 0.6) is 0 Å². The van der Waals surface area contributed by atoms with Gasteiger partial charge in [-0.1, -0.05) is 5.11 Å². The Kier molecular flexibility index (Phi) is 4.17. The average molecular weight is 275 g/mol. The van der Waals surface area contributed by atoms with Crippen LogP contribution in [0.2, 0.25) is 0 Å². The van der Waals surface area contributed by atoms with Crippen molar-refractivity contribution in [1.29, 1.82) is 0 Å². The summed E-state index contributed by atoms with van der Waals surface area (Å²) in [5.41, 5.74) is 9.04. The Bertz CT molecular complexity index is 582. The standard InChI is InChI=1S/C12H13N5O3/c1-20-12(19)10-5-9(2-3-14-10)17-7-8(4-11(17)18)6-15-16-13/h2-3,5,8H,4,6-7H2,1H3. The fourth-order valence-corrected chi connectivity index (χ4v) is 2.11. The van der Waals surface area contributed by atoms with Gasteiger partial charge in [0.15, 0.2) is 0 Å². The number of ether oxygens (including phenoxy) is 1. The van der Waals surface area contributed by atoms with Crippen LogP contribution in [0, 0.1) is 5.92 Å². The van der Waals surface area contributed by atoms with Crippen LogP contribution in [-0.2, 0) is 9.53 Å². The molecular formula is C12H13N5O3. The molecule has 1 aliphatic rings. The highest BCUT2D eigenvalue weighted by Crippen LogP contribution is 2.25. The molecule has 1 fully saturated rings. The molecule has 0 aliphatic carbocycles. The molecule has 0 bridgehead atoms. The summed E-state index contributed by atoms with van der Waals surface area (Å²) >= 11 is 0. The number of rotatable bonds is 4. The molecule has 1 atom stereocenters. The second-order valence-electron chi connectivity index (χ2n) is 4.38. The molecule has 1 amide bonds. The van der Waals surface area contributed by atoms with Gasteiger partial charge in [-0.2, -0.15) is 0 Å². The maximum absolute atomic E-state index is 12.0. The van der Waals surface area contributed by atoms with Crippen molar-refractivity contribution >= 4 is 17.6 Å².